The van der Waals surface area contributed by atoms with Gasteiger partial charge in [0.2, 0.25) is 0 Å². The van der Waals surface area contributed by atoms with Gasteiger partial charge in [-0.15, -0.1) is 0 Å². The monoisotopic (exact) mass is 1270 g/mol. The number of nitrogens with one attached hydrogen (secondary N) is 3. The Kier molecular flexibility index (Phi) is 29.6. The molecule has 0 bridgehead atoms. The first-order chi connectivity index (χ1) is 34.1. The molecule has 3 unspecified atom stereocenters. The van der Waals surface area contributed by atoms with E-state index in [1.807, 2.05) is 15.0 Å². The smallest absolute Gasteiger partial charge is 0.850 e. The Hall–Kier alpha value is -0.420. The third-order valence-corrected chi connectivity index (χ3v) is 16.2. The first kappa shape index (κ1) is 75.6. The molecule has 3 aliphatic heterocycles. The van der Waals surface area contributed by atoms with Crippen LogP contribution in [0.5, 0.6) is 0 Å². The second kappa shape index (κ2) is 30.6. The molecular formula is C30H45N6Na3O33P6. The van der Waals surface area contributed by atoms with Crippen molar-refractivity contribution in [2.45, 2.75) is 95.3 Å². The van der Waals surface area contributed by atoms with E-state index in [2.05, 4.69) is 26.5 Å². The van der Waals surface area contributed by atoms with Crippen LogP contribution in [0.1, 0.15) is 54.6 Å². The minimum absolute atomic E-state index is 0. The molecule has 3 aromatic rings. The second-order valence-electron chi connectivity index (χ2n) is 15.7. The van der Waals surface area contributed by atoms with Gasteiger partial charge in [0.15, 0.2) is 0 Å². The van der Waals surface area contributed by atoms with E-state index < -0.39 is 156 Å². The Balaban J connectivity index is 0.000000574. The number of rotatable bonds is 18. The van der Waals surface area contributed by atoms with Gasteiger partial charge in [-0.2, -0.15) is 12.9 Å². The van der Waals surface area contributed by atoms with Crippen molar-refractivity contribution in [2.75, 3.05) is 19.8 Å². The summed E-state index contributed by atoms with van der Waals surface area (Å²) in [5.41, 5.74) is -3.54. The molecule has 48 heteroatoms. The quantitative estimate of drug-likeness (QED) is 0.0416. The van der Waals surface area contributed by atoms with Gasteiger partial charge >= 0.3 is 153 Å². The Labute approximate surface area is 500 Å². The van der Waals surface area contributed by atoms with E-state index in [9.17, 15) is 71.5 Å². The van der Waals surface area contributed by atoms with Gasteiger partial charge in [0.25, 0.3) is 16.7 Å². The van der Waals surface area contributed by atoms with Crippen LogP contribution in [0.15, 0.2) is 47.4 Å². The zero-order valence-corrected chi connectivity index (χ0v) is 52.4. The molecule has 0 aromatic carbocycles. The van der Waals surface area contributed by atoms with Gasteiger partial charge in [0.05, 0.1) is 38.1 Å². The van der Waals surface area contributed by atoms with Crippen LogP contribution in [0.3, 0.4) is 0 Å². The van der Waals surface area contributed by atoms with E-state index in [0.29, 0.717) is 0 Å². The maximum absolute atomic E-state index is 11.9. The van der Waals surface area contributed by atoms with E-state index in [1.54, 1.807) is 0 Å². The number of hydrogen-bond acceptors (Lipinski definition) is 24. The minimum Gasteiger partial charge on any atom is -0.850 e. The summed E-state index contributed by atoms with van der Waals surface area (Å²) in [7, 11) is -31.2. The molecule has 12 atom stereocenters. The number of aromatic nitrogens is 6. The summed E-state index contributed by atoms with van der Waals surface area (Å²) in [5, 5.41) is 35.8. The molecule has 426 valence electrons. The molecule has 12 N–H and O–H groups in total. The van der Waals surface area contributed by atoms with Gasteiger partial charge in [-0.25, -0.2) is 41.8 Å². The van der Waals surface area contributed by atoms with Crippen LogP contribution in [0, 0.1) is 20.8 Å². The molecular weight excluding hydrogens is 1230 g/mol. The zero-order chi connectivity index (χ0) is 57.0. The number of aromatic amines is 3. The maximum atomic E-state index is 11.9. The summed E-state index contributed by atoms with van der Waals surface area (Å²) in [6, 6.07) is 0. The number of aryl methyl sites for hydroxylation is 3. The standard InChI is InChI=1S/3C10H15N2O11P2.3Na/c3*1-5-3-12(10(15)11-9(5)14)8-2-6(13)7(22-8)4-21-25(19,20)23-24(16,17)18;;;/h3*3,6-8H,2,4H2,1H3,(H,19,20)(H,11,14,15)(H2,16,17,18);;;/q3*-1;3*+1/t3*6-,7+,8+;;;/m000.../s1. The first-order valence-electron chi connectivity index (χ1n) is 20.3. The summed E-state index contributed by atoms with van der Waals surface area (Å²) in [4.78, 5) is 154. The molecule has 0 amide bonds. The number of nitrogens with zero attached hydrogens (tertiary/aromatic N) is 3. The largest absolute Gasteiger partial charge is 1.00 e. The molecule has 3 aliphatic rings. The van der Waals surface area contributed by atoms with Crippen LogP contribution < -0.4 is 138 Å². The third kappa shape index (κ3) is 24.3. The van der Waals surface area contributed by atoms with E-state index >= 15 is 0 Å². The van der Waals surface area contributed by atoms with Crippen LogP contribution in [0.4, 0.5) is 0 Å². The number of hydrogen-bond donors (Lipinski definition) is 12. The SMILES string of the molecule is Cc1cn([C@H]2C[C@H]([O-])[C@@H](COP(=O)(O)OP(=O)(O)O)O2)c(=O)[nH]c1=O.Cc1cn([C@H]2C[C@H]([O-])[C@@H](COP(=O)(O)OP(=O)(O)O)O2)c(=O)[nH]c1=O.Cc1cn([C@H]2C[C@H]([O-])[C@@H](COP(=O)(O)OP(=O)(O)O)O2)c(=O)[nH]c1=O.[Na+].[Na+].[Na+]. The average Bonchev–Trinajstić information content (AvgIpc) is 3.92. The second-order valence-corrected chi connectivity index (χ2v) is 24.1. The zero-order valence-electron chi connectivity index (χ0n) is 41.0. The molecule has 3 fully saturated rings. The van der Waals surface area contributed by atoms with Crippen LogP contribution in [-0.2, 0) is 68.1 Å². The van der Waals surface area contributed by atoms with E-state index in [4.69, 9.17) is 58.3 Å². The molecule has 6 rings (SSSR count). The molecule has 0 saturated carbocycles. The van der Waals surface area contributed by atoms with Crippen LogP contribution >= 0.6 is 46.9 Å². The number of H-pyrrole nitrogens is 3. The van der Waals surface area contributed by atoms with Crippen LogP contribution in [-0.4, -0.2) is 129 Å². The van der Waals surface area contributed by atoms with Gasteiger partial charge in [-0.05, 0) is 40.0 Å². The topological polar surface area (TPSA) is 601 Å². The normalized spacial score (nSPS) is 25.5. The summed E-state index contributed by atoms with van der Waals surface area (Å²) < 4.78 is 108. The molecule has 3 saturated heterocycles. The minimum atomic E-state index is -5.28. The summed E-state index contributed by atoms with van der Waals surface area (Å²) in [5.74, 6) is 0. The fourth-order valence-electron chi connectivity index (χ4n) is 6.44. The van der Waals surface area contributed by atoms with E-state index in [0.717, 1.165) is 13.7 Å². The molecule has 3 aromatic heterocycles. The Morgan fingerprint density at radius 2 is 0.667 bits per heavy atom. The number of ether oxygens (including phenoxy) is 3. The first-order valence-corrected chi connectivity index (χ1v) is 29.3. The summed E-state index contributed by atoms with van der Waals surface area (Å²) >= 11 is 0. The molecule has 6 heterocycles. The maximum Gasteiger partial charge on any atom is 1.00 e. The van der Waals surface area contributed by atoms with Crippen molar-refractivity contribution in [3.8, 4) is 0 Å². The van der Waals surface area contributed by atoms with Crippen molar-refractivity contribution < 1.29 is 216 Å². The van der Waals surface area contributed by atoms with Crippen molar-refractivity contribution in [2.24, 2.45) is 0 Å². The molecule has 39 nitrogen and oxygen atoms in total. The predicted molar refractivity (Wildman–Crippen MR) is 232 cm³/mol. The Bertz CT molecular complexity index is 2880. The van der Waals surface area contributed by atoms with Crippen molar-refractivity contribution in [3.63, 3.8) is 0 Å². The van der Waals surface area contributed by atoms with Crippen LogP contribution in [0.25, 0.3) is 0 Å². The van der Waals surface area contributed by atoms with Gasteiger partial charge < -0.3 is 73.6 Å². The summed E-state index contributed by atoms with van der Waals surface area (Å²) in [6.45, 7) is 1.95. The van der Waals surface area contributed by atoms with Crippen molar-refractivity contribution in [1.82, 2.24) is 28.7 Å². The molecule has 0 radical (unpaired) electrons. The fourth-order valence-corrected chi connectivity index (χ4v) is 11.2. The van der Waals surface area contributed by atoms with E-state index in [1.165, 1.54) is 39.4 Å². The Morgan fingerprint density at radius 3 is 0.859 bits per heavy atom. The van der Waals surface area contributed by atoms with Gasteiger partial charge in [-0.3, -0.25) is 56.6 Å². The number of phosphoric ester groups is 3. The van der Waals surface area contributed by atoms with Crippen molar-refractivity contribution in [1.29, 1.82) is 0 Å². The van der Waals surface area contributed by atoms with E-state index in [-0.39, 0.29) is 125 Å². The summed E-state index contributed by atoms with van der Waals surface area (Å²) in [6.07, 6.45) is -8.35. The van der Waals surface area contributed by atoms with Gasteiger partial charge in [0.1, 0.15) is 18.7 Å². The van der Waals surface area contributed by atoms with Crippen LogP contribution in [0.2, 0.25) is 0 Å². The van der Waals surface area contributed by atoms with Gasteiger partial charge in [-0.1, -0.05) is 18.3 Å². The van der Waals surface area contributed by atoms with Crippen molar-refractivity contribution in [3.05, 3.63) is 97.8 Å². The van der Waals surface area contributed by atoms with Crippen molar-refractivity contribution >= 4 is 46.9 Å². The fraction of sp³-hybridized carbons (Fsp3) is 0.600. The predicted octanol–water partition coefficient (Wildman–Crippen LogP) is -14.7. The molecule has 0 aliphatic carbocycles. The molecule has 0 spiro atoms. The molecule has 78 heavy (non-hydrogen) atoms. The third-order valence-electron chi connectivity index (χ3n) is 9.74. The Morgan fingerprint density at radius 1 is 0.462 bits per heavy atom. The van der Waals surface area contributed by atoms with Gasteiger partial charge in [0, 0.05) is 35.3 Å². The average molecular weight is 1270 g/mol. The number of phosphoric acid groups is 6.